The van der Waals surface area contributed by atoms with Crippen LogP contribution in [0.3, 0.4) is 0 Å². The highest BCUT2D eigenvalue weighted by molar-refractivity contribution is 7.21. The number of thiophene rings is 1. The van der Waals surface area contributed by atoms with Crippen molar-refractivity contribution >= 4 is 51.1 Å². The molecular formula is C22H25ClN4OS. The maximum absolute atomic E-state index is 13.2. The number of benzene rings is 1. The average Bonchev–Trinajstić information content (AvgIpc) is 3.06. The molecule has 1 aromatic carbocycles. The molecule has 0 bridgehead atoms. The smallest absolute Gasteiger partial charge is 0.266 e. The molecule has 0 aliphatic heterocycles. The van der Waals surface area contributed by atoms with Crippen LogP contribution < -0.4 is 0 Å². The van der Waals surface area contributed by atoms with Gasteiger partial charge in [-0.15, -0.1) is 11.3 Å². The number of amides is 1. The fraction of sp³-hybridized carbons (Fsp3) is 0.318. The molecule has 0 saturated heterocycles. The van der Waals surface area contributed by atoms with E-state index in [0.29, 0.717) is 28.7 Å². The SMILES string of the molecule is CCN(CC)C(=O)c1sc2nc(-c3ccc(Cl)cc3)cc(C)c2c1N=CN(C)C. The Labute approximate surface area is 180 Å². The number of carbonyl (C=O) groups is 1. The summed E-state index contributed by atoms with van der Waals surface area (Å²) in [5, 5.41) is 1.62. The van der Waals surface area contributed by atoms with E-state index in [-0.39, 0.29) is 5.91 Å². The summed E-state index contributed by atoms with van der Waals surface area (Å²) >= 11 is 7.43. The van der Waals surface area contributed by atoms with E-state index in [1.54, 1.807) is 6.34 Å². The van der Waals surface area contributed by atoms with E-state index in [9.17, 15) is 4.79 Å². The Kier molecular flexibility index (Phi) is 6.55. The highest BCUT2D eigenvalue weighted by Crippen LogP contribution is 2.41. The standard InChI is InChI=1S/C22H25ClN4OS/c1-6-27(7-2)22(28)20-19(24-13-26(4)5)18-14(3)12-17(25-21(18)29-20)15-8-10-16(23)11-9-15/h8-13H,6-7H2,1-5H3. The molecular weight excluding hydrogens is 404 g/mol. The van der Waals surface area contributed by atoms with Crippen LogP contribution in [0.15, 0.2) is 35.3 Å². The first-order valence-electron chi connectivity index (χ1n) is 9.55. The van der Waals surface area contributed by atoms with E-state index in [2.05, 4.69) is 4.99 Å². The summed E-state index contributed by atoms with van der Waals surface area (Å²) < 4.78 is 0. The molecule has 2 aromatic heterocycles. The number of hydrogen-bond acceptors (Lipinski definition) is 4. The quantitative estimate of drug-likeness (QED) is 0.377. The normalized spacial score (nSPS) is 11.4. The lowest BCUT2D eigenvalue weighted by Gasteiger charge is -2.17. The Hall–Kier alpha value is -2.44. The molecule has 0 saturated carbocycles. The van der Waals surface area contributed by atoms with E-state index in [1.165, 1.54) is 11.3 Å². The molecule has 0 unspecified atom stereocenters. The maximum Gasteiger partial charge on any atom is 0.266 e. The molecule has 2 heterocycles. The number of hydrogen-bond donors (Lipinski definition) is 0. The van der Waals surface area contributed by atoms with Crippen LogP contribution in [-0.4, -0.2) is 54.2 Å². The van der Waals surface area contributed by atoms with E-state index in [4.69, 9.17) is 16.6 Å². The largest absolute Gasteiger partial charge is 0.369 e. The Morgan fingerprint density at radius 3 is 2.45 bits per heavy atom. The zero-order chi connectivity index (χ0) is 21.1. The van der Waals surface area contributed by atoms with Crippen LogP contribution in [0.5, 0.6) is 0 Å². The Morgan fingerprint density at radius 1 is 1.21 bits per heavy atom. The van der Waals surface area contributed by atoms with Gasteiger partial charge in [0.2, 0.25) is 0 Å². The predicted molar refractivity (Wildman–Crippen MR) is 124 cm³/mol. The highest BCUT2D eigenvalue weighted by atomic mass is 35.5. The molecule has 0 N–H and O–H groups in total. The van der Waals surface area contributed by atoms with Crippen LogP contribution in [0, 0.1) is 6.92 Å². The van der Waals surface area contributed by atoms with Crippen molar-refractivity contribution in [2.24, 2.45) is 4.99 Å². The number of nitrogens with zero attached hydrogens (tertiary/aromatic N) is 4. The molecule has 3 aromatic rings. The molecule has 0 radical (unpaired) electrons. The second-order valence-electron chi connectivity index (χ2n) is 6.98. The third-order valence-electron chi connectivity index (χ3n) is 4.64. The molecule has 0 fully saturated rings. The second-order valence-corrected chi connectivity index (χ2v) is 8.41. The van der Waals surface area contributed by atoms with E-state index < -0.39 is 0 Å². The zero-order valence-corrected chi connectivity index (χ0v) is 18.9. The van der Waals surface area contributed by atoms with Gasteiger partial charge in [0.25, 0.3) is 5.91 Å². The first kappa shape index (κ1) is 21.3. The minimum atomic E-state index is -0.00338. The first-order chi connectivity index (χ1) is 13.8. The summed E-state index contributed by atoms with van der Waals surface area (Å²) in [6, 6.07) is 9.66. The van der Waals surface area contributed by atoms with Crippen LogP contribution in [0.25, 0.3) is 21.5 Å². The van der Waals surface area contributed by atoms with Crippen molar-refractivity contribution in [1.29, 1.82) is 0 Å². The average molecular weight is 429 g/mol. The van der Waals surface area contributed by atoms with E-state index in [1.807, 2.05) is 75.0 Å². The van der Waals surface area contributed by atoms with Crippen molar-refractivity contribution < 1.29 is 4.79 Å². The number of pyridine rings is 1. The van der Waals surface area contributed by atoms with Crippen LogP contribution >= 0.6 is 22.9 Å². The number of aryl methyl sites for hydroxylation is 1. The van der Waals surface area contributed by atoms with Gasteiger partial charge in [0, 0.05) is 43.2 Å². The molecule has 0 spiro atoms. The number of aliphatic imine (C=N–C) groups is 1. The molecule has 0 atom stereocenters. The molecule has 1 amide bonds. The van der Waals surface area contributed by atoms with Crippen molar-refractivity contribution in [2.45, 2.75) is 20.8 Å². The topological polar surface area (TPSA) is 48.8 Å². The lowest BCUT2D eigenvalue weighted by molar-refractivity contribution is 0.0778. The van der Waals surface area contributed by atoms with Gasteiger partial charge in [0.15, 0.2) is 0 Å². The highest BCUT2D eigenvalue weighted by Gasteiger charge is 2.24. The summed E-state index contributed by atoms with van der Waals surface area (Å²) in [6.45, 7) is 7.32. The molecule has 29 heavy (non-hydrogen) atoms. The van der Waals surface area contributed by atoms with Gasteiger partial charge < -0.3 is 9.80 Å². The van der Waals surface area contributed by atoms with Crippen LogP contribution in [0.1, 0.15) is 29.1 Å². The fourth-order valence-corrected chi connectivity index (χ4v) is 4.42. The van der Waals surface area contributed by atoms with Crippen LogP contribution in [0.2, 0.25) is 5.02 Å². The zero-order valence-electron chi connectivity index (χ0n) is 17.4. The minimum absolute atomic E-state index is 0.00338. The Bertz CT molecular complexity index is 1050. The van der Waals surface area contributed by atoms with Crippen molar-refractivity contribution in [3.05, 3.63) is 45.8 Å². The molecule has 3 rings (SSSR count). The summed E-state index contributed by atoms with van der Waals surface area (Å²) in [5.41, 5.74) is 3.59. The summed E-state index contributed by atoms with van der Waals surface area (Å²) in [7, 11) is 3.82. The van der Waals surface area contributed by atoms with Crippen LogP contribution in [-0.2, 0) is 0 Å². The van der Waals surface area contributed by atoms with Gasteiger partial charge in [0.1, 0.15) is 9.71 Å². The van der Waals surface area contributed by atoms with Crippen molar-refractivity contribution in [3.63, 3.8) is 0 Å². The van der Waals surface area contributed by atoms with E-state index >= 15 is 0 Å². The predicted octanol–water partition coefficient (Wildman–Crippen LogP) is 5.63. The maximum atomic E-state index is 13.2. The third-order valence-corrected chi connectivity index (χ3v) is 5.95. The minimum Gasteiger partial charge on any atom is -0.369 e. The lowest BCUT2D eigenvalue weighted by atomic mass is 10.1. The van der Waals surface area contributed by atoms with Crippen LogP contribution in [0.4, 0.5) is 5.69 Å². The number of rotatable bonds is 6. The van der Waals surface area contributed by atoms with Gasteiger partial charge in [0.05, 0.1) is 17.7 Å². The third kappa shape index (κ3) is 4.43. The van der Waals surface area contributed by atoms with Crippen molar-refractivity contribution in [3.8, 4) is 11.3 Å². The molecule has 0 aliphatic carbocycles. The van der Waals surface area contributed by atoms with Gasteiger partial charge in [-0.2, -0.15) is 0 Å². The van der Waals surface area contributed by atoms with Gasteiger partial charge >= 0.3 is 0 Å². The lowest BCUT2D eigenvalue weighted by Crippen LogP contribution is -2.29. The Balaban J connectivity index is 2.21. The molecule has 7 heteroatoms. The number of halogens is 1. The van der Waals surface area contributed by atoms with Crippen molar-refractivity contribution in [1.82, 2.24) is 14.8 Å². The number of carbonyl (C=O) groups excluding carboxylic acids is 1. The van der Waals surface area contributed by atoms with E-state index in [0.717, 1.165) is 27.0 Å². The second kappa shape index (κ2) is 8.93. The Morgan fingerprint density at radius 2 is 1.86 bits per heavy atom. The first-order valence-corrected chi connectivity index (χ1v) is 10.7. The summed E-state index contributed by atoms with van der Waals surface area (Å²) in [6.07, 6.45) is 1.73. The van der Waals surface area contributed by atoms with Crippen molar-refractivity contribution in [2.75, 3.05) is 27.2 Å². The number of fused-ring (bicyclic) bond motifs is 1. The van der Waals surface area contributed by atoms with Gasteiger partial charge in [-0.1, -0.05) is 23.7 Å². The van der Waals surface area contributed by atoms with Gasteiger partial charge in [-0.3, -0.25) is 4.79 Å². The monoisotopic (exact) mass is 428 g/mol. The summed E-state index contributed by atoms with van der Waals surface area (Å²) in [4.78, 5) is 27.8. The van der Waals surface area contributed by atoms with Gasteiger partial charge in [-0.25, -0.2) is 9.98 Å². The fourth-order valence-electron chi connectivity index (χ4n) is 3.13. The molecule has 5 nitrogen and oxygen atoms in total. The van der Waals surface area contributed by atoms with Gasteiger partial charge in [-0.05, 0) is 44.5 Å². The summed E-state index contributed by atoms with van der Waals surface area (Å²) in [5.74, 6) is -0.00338. The number of aromatic nitrogens is 1. The molecule has 152 valence electrons. The molecule has 0 aliphatic rings.